The summed E-state index contributed by atoms with van der Waals surface area (Å²) in [6, 6.07) is -0.0181. The number of likely N-dealkylation sites (tertiary alicyclic amines) is 1. The van der Waals surface area contributed by atoms with Crippen molar-refractivity contribution in [3.63, 3.8) is 0 Å². The molecular weight excluding hydrogens is 326 g/mol. The van der Waals surface area contributed by atoms with Gasteiger partial charge in [-0.15, -0.1) is 0 Å². The van der Waals surface area contributed by atoms with E-state index in [1.807, 2.05) is 14.1 Å². The molecule has 1 aromatic heterocycles. The Labute approximate surface area is 157 Å². The van der Waals surface area contributed by atoms with Crippen molar-refractivity contribution in [1.82, 2.24) is 19.8 Å². The lowest BCUT2D eigenvalue weighted by atomic mass is 10.0. The molecule has 2 aliphatic rings. The van der Waals surface area contributed by atoms with E-state index in [1.54, 1.807) is 6.33 Å². The molecule has 1 N–H and O–H groups in total. The highest BCUT2D eigenvalue weighted by molar-refractivity contribution is 5.82. The molecule has 1 fully saturated rings. The van der Waals surface area contributed by atoms with Gasteiger partial charge in [0.2, 0.25) is 5.91 Å². The van der Waals surface area contributed by atoms with Crippen LogP contribution in [-0.4, -0.2) is 65.4 Å². The van der Waals surface area contributed by atoms with E-state index < -0.39 is 0 Å². The van der Waals surface area contributed by atoms with Gasteiger partial charge >= 0.3 is 0 Å². The first-order valence-electron chi connectivity index (χ1n) is 9.99. The van der Waals surface area contributed by atoms with Gasteiger partial charge in [-0.1, -0.05) is 13.8 Å². The van der Waals surface area contributed by atoms with E-state index in [1.165, 1.54) is 17.7 Å². The maximum absolute atomic E-state index is 12.8. The smallest absolute Gasteiger partial charge is 0.240 e. The second-order valence-corrected chi connectivity index (χ2v) is 8.31. The Morgan fingerprint density at radius 3 is 2.88 bits per heavy atom. The molecule has 6 nitrogen and oxygen atoms in total. The fraction of sp³-hybridized carbons (Fsp3) is 0.750. The molecule has 0 bridgehead atoms. The molecule has 144 valence electrons. The summed E-state index contributed by atoms with van der Waals surface area (Å²) in [6.45, 7) is 6.95. The van der Waals surface area contributed by atoms with Gasteiger partial charge in [0.1, 0.15) is 12.1 Å². The molecule has 6 heteroatoms. The fourth-order valence-electron chi connectivity index (χ4n) is 4.46. The van der Waals surface area contributed by atoms with Crippen molar-refractivity contribution in [3.05, 3.63) is 17.6 Å². The monoisotopic (exact) mass is 359 g/mol. The molecule has 0 radical (unpaired) electrons. The van der Waals surface area contributed by atoms with E-state index in [9.17, 15) is 4.79 Å². The summed E-state index contributed by atoms with van der Waals surface area (Å²) in [6.07, 6.45) is 7.21. The molecule has 3 rings (SSSR count). The van der Waals surface area contributed by atoms with Crippen molar-refractivity contribution in [2.24, 2.45) is 11.8 Å². The quantitative estimate of drug-likeness (QED) is 0.809. The highest BCUT2D eigenvalue weighted by Gasteiger charge is 2.33. The van der Waals surface area contributed by atoms with Gasteiger partial charge in [-0.2, -0.15) is 0 Å². The molecule has 0 spiro atoms. The van der Waals surface area contributed by atoms with Crippen LogP contribution in [0.5, 0.6) is 0 Å². The van der Waals surface area contributed by atoms with Crippen LogP contribution in [0.3, 0.4) is 0 Å². The predicted molar refractivity (Wildman–Crippen MR) is 104 cm³/mol. The van der Waals surface area contributed by atoms with Gasteiger partial charge in [-0.3, -0.25) is 9.69 Å². The zero-order chi connectivity index (χ0) is 18.7. The maximum Gasteiger partial charge on any atom is 0.240 e. The Morgan fingerprint density at radius 1 is 1.35 bits per heavy atom. The number of amides is 1. The average Bonchev–Trinajstić information content (AvgIpc) is 3.23. The van der Waals surface area contributed by atoms with Gasteiger partial charge < -0.3 is 10.2 Å². The highest BCUT2D eigenvalue weighted by atomic mass is 16.2. The lowest BCUT2D eigenvalue weighted by Crippen LogP contribution is -2.48. The van der Waals surface area contributed by atoms with Crippen molar-refractivity contribution in [1.29, 1.82) is 0 Å². The van der Waals surface area contributed by atoms with E-state index in [4.69, 9.17) is 0 Å². The second kappa shape index (κ2) is 8.33. The van der Waals surface area contributed by atoms with Gasteiger partial charge in [0.25, 0.3) is 0 Å². The number of hydrogen-bond donors (Lipinski definition) is 1. The van der Waals surface area contributed by atoms with Gasteiger partial charge in [-0.05, 0) is 58.0 Å². The van der Waals surface area contributed by atoms with Gasteiger partial charge in [-0.25, -0.2) is 9.97 Å². The maximum atomic E-state index is 12.8. The first-order valence-corrected chi connectivity index (χ1v) is 9.99. The summed E-state index contributed by atoms with van der Waals surface area (Å²) >= 11 is 0. The third-order valence-corrected chi connectivity index (χ3v) is 5.76. The van der Waals surface area contributed by atoms with Crippen molar-refractivity contribution >= 4 is 11.7 Å². The van der Waals surface area contributed by atoms with E-state index in [2.05, 4.69) is 38.9 Å². The summed E-state index contributed by atoms with van der Waals surface area (Å²) in [4.78, 5) is 25.8. The van der Waals surface area contributed by atoms with Crippen LogP contribution in [0.4, 0.5) is 5.82 Å². The SMILES string of the molecule is CC(C)[C@@H](C(=O)N1CCC(CCNc2ncnc3c2CCC3)C1)N(C)C. The van der Waals surface area contributed by atoms with E-state index in [-0.39, 0.29) is 11.9 Å². The molecule has 2 atom stereocenters. The number of fused-ring (bicyclic) bond motifs is 1. The van der Waals surface area contributed by atoms with Crippen LogP contribution in [-0.2, 0) is 17.6 Å². The molecule has 1 aliphatic heterocycles. The number of nitrogens with one attached hydrogen (secondary N) is 1. The van der Waals surface area contributed by atoms with Crippen molar-refractivity contribution in [2.75, 3.05) is 39.0 Å². The fourth-order valence-corrected chi connectivity index (χ4v) is 4.46. The van der Waals surface area contributed by atoms with Crippen molar-refractivity contribution in [3.8, 4) is 0 Å². The Bertz CT molecular complexity index is 623. The zero-order valence-corrected chi connectivity index (χ0v) is 16.7. The minimum Gasteiger partial charge on any atom is -0.370 e. The number of nitrogens with zero attached hydrogens (tertiary/aromatic N) is 4. The lowest BCUT2D eigenvalue weighted by molar-refractivity contribution is -0.136. The summed E-state index contributed by atoms with van der Waals surface area (Å²) in [5, 5.41) is 3.51. The number of rotatable bonds is 7. The van der Waals surface area contributed by atoms with Gasteiger partial charge in [0, 0.05) is 30.9 Å². The number of hydrogen-bond acceptors (Lipinski definition) is 5. The molecule has 1 aliphatic carbocycles. The molecule has 0 aromatic carbocycles. The van der Waals surface area contributed by atoms with E-state index in [0.29, 0.717) is 11.8 Å². The summed E-state index contributed by atoms with van der Waals surface area (Å²) in [5.74, 6) is 2.22. The highest BCUT2D eigenvalue weighted by Crippen LogP contribution is 2.26. The summed E-state index contributed by atoms with van der Waals surface area (Å²) < 4.78 is 0. The van der Waals surface area contributed by atoms with Crippen LogP contribution >= 0.6 is 0 Å². The minimum atomic E-state index is -0.0181. The second-order valence-electron chi connectivity index (χ2n) is 8.31. The Kier molecular flexibility index (Phi) is 6.12. The van der Waals surface area contributed by atoms with Gasteiger partial charge in [0.15, 0.2) is 0 Å². The molecule has 1 amide bonds. The molecule has 1 aromatic rings. The number of carbonyl (C=O) groups excluding carboxylic acids is 1. The molecule has 1 unspecified atom stereocenters. The number of carbonyl (C=O) groups is 1. The van der Waals surface area contributed by atoms with Crippen LogP contribution in [0.1, 0.15) is 44.4 Å². The standard InChI is InChI=1S/C20H33N5O/c1-14(2)18(24(3)4)20(26)25-11-9-15(12-25)8-10-21-19-16-6-5-7-17(16)22-13-23-19/h13-15,18H,5-12H2,1-4H3,(H,21,22,23)/t15?,18-/m0/s1. The number of aromatic nitrogens is 2. The summed E-state index contributed by atoms with van der Waals surface area (Å²) in [5.41, 5.74) is 2.52. The first kappa shape index (κ1) is 19.1. The van der Waals surface area contributed by atoms with Crippen LogP contribution in [0, 0.1) is 11.8 Å². The molecule has 2 heterocycles. The number of likely N-dealkylation sites (N-methyl/N-ethyl adjacent to an activating group) is 1. The predicted octanol–water partition coefficient (Wildman–Crippen LogP) is 2.20. The largest absolute Gasteiger partial charge is 0.370 e. The molecular formula is C20H33N5O. The normalized spacial score (nSPS) is 20.7. The zero-order valence-electron chi connectivity index (χ0n) is 16.7. The lowest BCUT2D eigenvalue weighted by Gasteiger charge is -2.31. The Morgan fingerprint density at radius 2 is 2.15 bits per heavy atom. The van der Waals surface area contributed by atoms with Crippen LogP contribution in [0.25, 0.3) is 0 Å². The Balaban J connectivity index is 1.48. The van der Waals surface area contributed by atoms with Crippen molar-refractivity contribution < 1.29 is 4.79 Å². The van der Waals surface area contributed by atoms with Crippen LogP contribution in [0.2, 0.25) is 0 Å². The molecule has 26 heavy (non-hydrogen) atoms. The van der Waals surface area contributed by atoms with Crippen LogP contribution < -0.4 is 5.32 Å². The molecule has 1 saturated heterocycles. The average molecular weight is 360 g/mol. The number of aryl methyl sites for hydroxylation is 1. The third-order valence-electron chi connectivity index (χ3n) is 5.76. The topological polar surface area (TPSA) is 61.4 Å². The van der Waals surface area contributed by atoms with Gasteiger partial charge in [0.05, 0.1) is 6.04 Å². The molecule has 0 saturated carbocycles. The third kappa shape index (κ3) is 4.17. The van der Waals surface area contributed by atoms with Crippen molar-refractivity contribution in [2.45, 2.75) is 52.0 Å². The summed E-state index contributed by atoms with van der Waals surface area (Å²) in [7, 11) is 4.00. The van der Waals surface area contributed by atoms with Crippen LogP contribution in [0.15, 0.2) is 6.33 Å². The minimum absolute atomic E-state index is 0.0181. The number of anilines is 1. The Hall–Kier alpha value is -1.69. The van der Waals surface area contributed by atoms with E-state index in [0.717, 1.165) is 51.1 Å². The van der Waals surface area contributed by atoms with E-state index >= 15 is 0 Å². The first-order chi connectivity index (χ1) is 12.5.